The van der Waals surface area contributed by atoms with Crippen LogP contribution < -0.4 is 0 Å². The van der Waals surface area contributed by atoms with Crippen LogP contribution in [0.3, 0.4) is 0 Å². The fourth-order valence-corrected chi connectivity index (χ4v) is 1.75. The molecule has 16 heavy (non-hydrogen) atoms. The number of carbonyl (C=O) groups excluding carboxylic acids is 1. The smallest absolute Gasteiger partial charge is 0.203 e. The fraction of sp³-hybridized carbons (Fsp3) is 0.154. The molecule has 0 saturated heterocycles. The van der Waals surface area contributed by atoms with Crippen LogP contribution in [-0.2, 0) is 6.42 Å². The first-order valence-corrected chi connectivity index (χ1v) is 5.45. The van der Waals surface area contributed by atoms with Gasteiger partial charge >= 0.3 is 0 Å². The summed E-state index contributed by atoms with van der Waals surface area (Å²) < 4.78 is 4.88. The van der Waals surface area contributed by atoms with E-state index in [1.54, 1.807) is 6.07 Å². The summed E-state index contributed by atoms with van der Waals surface area (Å²) in [4.78, 5) is 11.8. The summed E-state index contributed by atoms with van der Waals surface area (Å²) in [6, 6.07) is 11.5. The Morgan fingerprint density at radius 2 is 1.94 bits per heavy atom. The molecule has 1 aromatic carbocycles. The second kappa shape index (κ2) is 4.99. The monoisotopic (exact) mass is 234 g/mol. The second-order valence-corrected chi connectivity index (χ2v) is 3.86. The number of ketones is 1. The minimum atomic E-state index is 0.0163. The van der Waals surface area contributed by atoms with Crippen LogP contribution in [0.1, 0.15) is 22.3 Å². The zero-order valence-electron chi connectivity index (χ0n) is 8.65. The van der Waals surface area contributed by atoms with Gasteiger partial charge in [-0.15, -0.1) is 0 Å². The minimum Gasteiger partial charge on any atom is -0.452 e. The maximum absolute atomic E-state index is 11.8. The van der Waals surface area contributed by atoms with Crippen LogP contribution in [0.4, 0.5) is 0 Å². The van der Waals surface area contributed by atoms with Crippen LogP contribution in [0.2, 0.25) is 5.22 Å². The molecule has 0 unspecified atom stereocenters. The summed E-state index contributed by atoms with van der Waals surface area (Å²) in [6.07, 6.45) is 2.60. The van der Waals surface area contributed by atoms with Crippen molar-refractivity contribution >= 4 is 17.4 Å². The van der Waals surface area contributed by atoms with E-state index in [2.05, 4.69) is 0 Å². The van der Waals surface area contributed by atoms with Gasteiger partial charge in [0.2, 0.25) is 5.22 Å². The number of hydrogen-bond donors (Lipinski definition) is 0. The number of hydrogen-bond acceptors (Lipinski definition) is 2. The Kier molecular flexibility index (Phi) is 3.42. The molecule has 0 amide bonds. The van der Waals surface area contributed by atoms with Crippen LogP contribution in [0.15, 0.2) is 47.1 Å². The van der Waals surface area contributed by atoms with E-state index in [-0.39, 0.29) is 11.0 Å². The van der Waals surface area contributed by atoms with Crippen LogP contribution in [0, 0.1) is 0 Å². The maximum Gasteiger partial charge on any atom is 0.203 e. The topological polar surface area (TPSA) is 30.2 Å². The van der Waals surface area contributed by atoms with Crippen molar-refractivity contribution in [1.82, 2.24) is 0 Å². The van der Waals surface area contributed by atoms with Gasteiger partial charge < -0.3 is 4.42 Å². The van der Waals surface area contributed by atoms with Crippen LogP contribution in [-0.4, -0.2) is 5.78 Å². The average Bonchev–Trinajstić information content (AvgIpc) is 2.74. The van der Waals surface area contributed by atoms with E-state index in [0.717, 1.165) is 12.0 Å². The number of carbonyl (C=O) groups is 1. The van der Waals surface area contributed by atoms with E-state index in [9.17, 15) is 4.79 Å². The van der Waals surface area contributed by atoms with Gasteiger partial charge in [0.25, 0.3) is 0 Å². The molecule has 0 N–H and O–H groups in total. The predicted octanol–water partition coefficient (Wildman–Crippen LogP) is 3.75. The number of benzene rings is 1. The maximum atomic E-state index is 11.8. The van der Waals surface area contributed by atoms with Crippen LogP contribution in [0.5, 0.6) is 0 Å². The molecule has 0 aliphatic heterocycles. The molecule has 3 heteroatoms. The Morgan fingerprint density at radius 1 is 1.19 bits per heavy atom. The molecule has 0 aliphatic carbocycles. The van der Waals surface area contributed by atoms with Gasteiger partial charge in [-0.05, 0) is 29.7 Å². The largest absolute Gasteiger partial charge is 0.452 e. The SMILES string of the molecule is O=C(CCc1ccccc1)c1ccoc1Cl. The number of aryl methyl sites for hydroxylation is 1. The Balaban J connectivity index is 1.97. The van der Waals surface area contributed by atoms with E-state index in [1.807, 2.05) is 30.3 Å². The molecular formula is C13H11ClO2. The lowest BCUT2D eigenvalue weighted by molar-refractivity contribution is 0.0982. The van der Waals surface area contributed by atoms with Crippen molar-refractivity contribution in [2.24, 2.45) is 0 Å². The second-order valence-electron chi connectivity index (χ2n) is 3.52. The molecule has 2 rings (SSSR count). The lowest BCUT2D eigenvalue weighted by atomic mass is 10.1. The highest BCUT2D eigenvalue weighted by Gasteiger charge is 2.12. The summed E-state index contributed by atoms with van der Waals surface area (Å²) in [5.41, 5.74) is 1.62. The third-order valence-corrected chi connectivity index (χ3v) is 2.69. The summed E-state index contributed by atoms with van der Waals surface area (Å²) in [5.74, 6) is 0.0163. The number of rotatable bonds is 4. The Labute approximate surface area is 98.8 Å². The molecular weight excluding hydrogens is 224 g/mol. The summed E-state index contributed by atoms with van der Waals surface area (Å²) >= 11 is 5.73. The van der Waals surface area contributed by atoms with Crippen molar-refractivity contribution in [2.75, 3.05) is 0 Å². The zero-order valence-corrected chi connectivity index (χ0v) is 9.41. The van der Waals surface area contributed by atoms with Crippen LogP contribution in [0.25, 0.3) is 0 Å². The van der Waals surface area contributed by atoms with Crippen molar-refractivity contribution in [3.63, 3.8) is 0 Å². The zero-order chi connectivity index (χ0) is 11.4. The highest BCUT2D eigenvalue weighted by atomic mass is 35.5. The first-order chi connectivity index (χ1) is 7.77. The highest BCUT2D eigenvalue weighted by molar-refractivity contribution is 6.32. The van der Waals surface area contributed by atoms with Crippen molar-refractivity contribution < 1.29 is 9.21 Å². The first kappa shape index (κ1) is 11.0. The van der Waals surface area contributed by atoms with Crippen molar-refractivity contribution in [3.8, 4) is 0 Å². The molecule has 0 radical (unpaired) electrons. The summed E-state index contributed by atoms with van der Waals surface area (Å²) in [5, 5.41) is 0.179. The van der Waals surface area contributed by atoms with Crippen molar-refractivity contribution in [3.05, 3.63) is 59.0 Å². The third kappa shape index (κ3) is 2.52. The predicted molar refractivity (Wildman–Crippen MR) is 62.8 cm³/mol. The van der Waals surface area contributed by atoms with Gasteiger partial charge in [0, 0.05) is 6.42 Å². The Morgan fingerprint density at radius 3 is 2.56 bits per heavy atom. The van der Waals surface area contributed by atoms with Crippen LogP contribution >= 0.6 is 11.6 Å². The molecule has 1 heterocycles. The van der Waals surface area contributed by atoms with E-state index >= 15 is 0 Å². The standard InChI is InChI=1S/C13H11ClO2/c14-13-11(8-9-16-13)12(15)7-6-10-4-2-1-3-5-10/h1-5,8-9H,6-7H2. The molecule has 0 aliphatic rings. The molecule has 0 spiro atoms. The van der Waals surface area contributed by atoms with Crippen molar-refractivity contribution in [2.45, 2.75) is 12.8 Å². The highest BCUT2D eigenvalue weighted by Crippen LogP contribution is 2.19. The molecule has 0 fully saturated rings. The molecule has 1 aromatic heterocycles. The van der Waals surface area contributed by atoms with E-state index < -0.39 is 0 Å². The van der Waals surface area contributed by atoms with Gasteiger partial charge in [-0.2, -0.15) is 0 Å². The molecule has 0 saturated carbocycles. The third-order valence-electron chi connectivity index (χ3n) is 2.40. The normalized spacial score (nSPS) is 10.3. The van der Waals surface area contributed by atoms with E-state index in [1.165, 1.54) is 6.26 Å². The van der Waals surface area contributed by atoms with E-state index in [4.69, 9.17) is 16.0 Å². The first-order valence-electron chi connectivity index (χ1n) is 5.07. The van der Waals surface area contributed by atoms with Gasteiger partial charge in [-0.1, -0.05) is 30.3 Å². The summed E-state index contributed by atoms with van der Waals surface area (Å²) in [6.45, 7) is 0. The lowest BCUT2D eigenvalue weighted by Crippen LogP contribution is -2.00. The molecule has 0 atom stereocenters. The number of halogens is 1. The molecule has 82 valence electrons. The fourth-order valence-electron chi connectivity index (χ4n) is 1.53. The van der Waals surface area contributed by atoms with Crippen molar-refractivity contribution in [1.29, 1.82) is 0 Å². The van der Waals surface area contributed by atoms with E-state index in [0.29, 0.717) is 12.0 Å². The van der Waals surface area contributed by atoms with Gasteiger partial charge in [0.1, 0.15) is 0 Å². The molecule has 2 nitrogen and oxygen atoms in total. The van der Waals surface area contributed by atoms with Gasteiger partial charge in [-0.25, -0.2) is 0 Å². The Hall–Kier alpha value is -1.54. The van der Waals surface area contributed by atoms with Gasteiger partial charge in [0.15, 0.2) is 5.78 Å². The lowest BCUT2D eigenvalue weighted by Gasteiger charge is -1.99. The molecule has 0 bridgehead atoms. The molecule has 2 aromatic rings. The summed E-state index contributed by atoms with van der Waals surface area (Å²) in [7, 11) is 0. The van der Waals surface area contributed by atoms with Gasteiger partial charge in [0.05, 0.1) is 11.8 Å². The number of Topliss-reactive ketones (excluding diaryl/α,β-unsaturated/α-hetero) is 1. The average molecular weight is 235 g/mol. The Bertz CT molecular complexity index is 474. The minimum absolute atomic E-state index is 0.0163. The van der Waals surface area contributed by atoms with Gasteiger partial charge in [-0.3, -0.25) is 4.79 Å². The number of furan rings is 1. The quantitative estimate of drug-likeness (QED) is 0.755.